The monoisotopic (exact) mass is 500 g/mol. The third kappa shape index (κ3) is 3.78. The highest BCUT2D eigenvalue weighted by Crippen LogP contribution is 2.70. The normalized spacial score (nSPS) is 30.8. The van der Waals surface area contributed by atoms with Gasteiger partial charge < -0.3 is 0 Å². The van der Waals surface area contributed by atoms with Crippen LogP contribution in [0.4, 0.5) is 0 Å². The summed E-state index contributed by atoms with van der Waals surface area (Å²) < 4.78 is 25.8. The van der Waals surface area contributed by atoms with Crippen molar-refractivity contribution in [1.29, 1.82) is 0 Å². The van der Waals surface area contributed by atoms with Crippen LogP contribution in [0.1, 0.15) is 55.2 Å². The summed E-state index contributed by atoms with van der Waals surface area (Å²) in [4.78, 5) is 16.5. The molecule has 0 radical (unpaired) electrons. The standard InChI is InChI=1S/C30H32N2O3S/c1-22-12-14-26(15-13-22)36(34,35)32-31-27(33)30-18-23-16-28(20-30,24-8-4-2-5-9-24)19-29(17-23,21-30)25-10-6-3-7-11-25/h2-15,23,32H,16-21H2,1H3,(H,31,33)/t23?,28-,29+,30?. The highest BCUT2D eigenvalue weighted by molar-refractivity contribution is 7.89. The summed E-state index contributed by atoms with van der Waals surface area (Å²) in [6.07, 6.45) is 5.47. The fourth-order valence-electron chi connectivity index (χ4n) is 7.94. The summed E-state index contributed by atoms with van der Waals surface area (Å²) in [6.45, 7) is 1.91. The quantitative estimate of drug-likeness (QED) is 0.459. The zero-order valence-corrected chi connectivity index (χ0v) is 21.4. The fourth-order valence-corrected chi connectivity index (χ4v) is 8.78. The summed E-state index contributed by atoms with van der Waals surface area (Å²) in [5.41, 5.74) is 5.41. The van der Waals surface area contributed by atoms with Gasteiger partial charge in [0.2, 0.25) is 5.91 Å². The first-order valence-electron chi connectivity index (χ1n) is 12.7. The van der Waals surface area contributed by atoms with Gasteiger partial charge in [0.1, 0.15) is 0 Å². The van der Waals surface area contributed by atoms with E-state index in [1.165, 1.54) is 11.1 Å². The van der Waals surface area contributed by atoms with Gasteiger partial charge in [0.15, 0.2) is 0 Å². The van der Waals surface area contributed by atoms with Crippen LogP contribution in [-0.2, 0) is 25.6 Å². The number of aryl methyl sites for hydroxylation is 1. The van der Waals surface area contributed by atoms with Crippen LogP contribution in [0.2, 0.25) is 0 Å². The zero-order chi connectivity index (χ0) is 25.0. The van der Waals surface area contributed by atoms with Crippen molar-refractivity contribution in [3.63, 3.8) is 0 Å². The van der Waals surface area contributed by atoms with E-state index in [9.17, 15) is 13.2 Å². The van der Waals surface area contributed by atoms with Gasteiger partial charge in [-0.3, -0.25) is 10.2 Å². The van der Waals surface area contributed by atoms with Gasteiger partial charge in [-0.15, -0.1) is 4.83 Å². The maximum absolute atomic E-state index is 13.9. The molecular formula is C30H32N2O3S. The first-order valence-corrected chi connectivity index (χ1v) is 14.2. The van der Waals surface area contributed by atoms with Gasteiger partial charge >= 0.3 is 0 Å². The maximum atomic E-state index is 13.9. The Hall–Kier alpha value is -2.96. The Morgan fingerprint density at radius 1 is 0.750 bits per heavy atom. The minimum absolute atomic E-state index is 0.0936. The molecule has 5 nitrogen and oxygen atoms in total. The SMILES string of the molecule is Cc1ccc(S(=O)(=O)NNC(=O)C23CC4C[C@](c5ccccc5)(C2)C[C@@](c2ccccc2)(C4)C3)cc1. The predicted octanol–water partition coefficient (Wildman–Crippen LogP) is 5.16. The second-order valence-corrected chi connectivity index (χ2v) is 13.1. The summed E-state index contributed by atoms with van der Waals surface area (Å²) in [5, 5.41) is 0. The van der Waals surface area contributed by atoms with Gasteiger partial charge in [0, 0.05) is 0 Å². The van der Waals surface area contributed by atoms with E-state index in [0.29, 0.717) is 5.92 Å². The summed E-state index contributed by atoms with van der Waals surface area (Å²) in [6, 6.07) is 27.9. The molecule has 0 aliphatic heterocycles. The topological polar surface area (TPSA) is 75.3 Å². The largest absolute Gasteiger partial charge is 0.277 e. The second-order valence-electron chi connectivity index (χ2n) is 11.5. The average molecular weight is 501 g/mol. The van der Waals surface area contributed by atoms with Gasteiger partial charge in [-0.2, -0.15) is 0 Å². The molecule has 2 N–H and O–H groups in total. The van der Waals surface area contributed by atoms with Crippen LogP contribution in [0.25, 0.3) is 0 Å². The third-order valence-corrected chi connectivity index (χ3v) is 10.2. The van der Waals surface area contributed by atoms with Crippen molar-refractivity contribution in [3.05, 3.63) is 102 Å². The molecule has 0 heterocycles. The maximum Gasteiger partial charge on any atom is 0.257 e. The molecule has 2 unspecified atom stereocenters. The molecule has 186 valence electrons. The Bertz CT molecular complexity index is 1330. The van der Waals surface area contributed by atoms with Crippen LogP contribution in [0, 0.1) is 18.3 Å². The van der Waals surface area contributed by atoms with Crippen LogP contribution in [0.15, 0.2) is 89.8 Å². The smallest absolute Gasteiger partial charge is 0.257 e. The second kappa shape index (κ2) is 8.29. The Balaban J connectivity index is 1.35. The van der Waals surface area contributed by atoms with E-state index in [1.807, 2.05) is 19.1 Å². The van der Waals surface area contributed by atoms with Crippen molar-refractivity contribution in [1.82, 2.24) is 10.3 Å². The minimum Gasteiger partial charge on any atom is -0.277 e. The minimum atomic E-state index is -3.86. The van der Waals surface area contributed by atoms with Crippen molar-refractivity contribution < 1.29 is 13.2 Å². The number of hydrogen-bond donors (Lipinski definition) is 2. The molecule has 6 heteroatoms. The van der Waals surface area contributed by atoms with Crippen molar-refractivity contribution in [3.8, 4) is 0 Å². The number of nitrogens with one attached hydrogen (secondary N) is 2. The summed E-state index contributed by atoms with van der Waals surface area (Å²) >= 11 is 0. The van der Waals surface area contributed by atoms with Gasteiger partial charge in [0.25, 0.3) is 10.0 Å². The highest BCUT2D eigenvalue weighted by Gasteiger charge is 2.66. The number of amides is 1. The molecule has 1 amide bonds. The lowest BCUT2D eigenvalue weighted by Crippen LogP contribution is -2.65. The Kier molecular flexibility index (Phi) is 5.39. The van der Waals surface area contributed by atoms with Crippen LogP contribution in [0.3, 0.4) is 0 Å². The molecule has 0 spiro atoms. The molecule has 36 heavy (non-hydrogen) atoms. The molecule has 3 aromatic carbocycles. The highest BCUT2D eigenvalue weighted by atomic mass is 32.2. The van der Waals surface area contributed by atoms with Gasteiger partial charge in [-0.25, -0.2) is 8.42 Å². The van der Waals surface area contributed by atoms with Crippen molar-refractivity contribution in [2.75, 3.05) is 0 Å². The van der Waals surface area contributed by atoms with Crippen LogP contribution in [-0.4, -0.2) is 14.3 Å². The van der Waals surface area contributed by atoms with E-state index in [2.05, 4.69) is 58.8 Å². The van der Waals surface area contributed by atoms with Crippen molar-refractivity contribution in [2.45, 2.75) is 61.2 Å². The number of hydrazine groups is 1. The molecule has 7 rings (SSSR count). The van der Waals surface area contributed by atoms with Crippen molar-refractivity contribution in [2.24, 2.45) is 11.3 Å². The summed E-state index contributed by atoms with van der Waals surface area (Å²) in [7, 11) is -3.86. The van der Waals surface area contributed by atoms with Crippen LogP contribution in [0.5, 0.6) is 0 Å². The van der Waals surface area contributed by atoms with E-state index in [4.69, 9.17) is 0 Å². The number of carbonyl (C=O) groups excluding carboxylic acids is 1. The molecule has 0 aromatic heterocycles. The molecule has 3 aromatic rings. The number of sulfonamides is 1. The lowest BCUT2D eigenvalue weighted by atomic mass is 9.37. The lowest BCUT2D eigenvalue weighted by Gasteiger charge is -2.66. The molecule has 4 fully saturated rings. The van der Waals surface area contributed by atoms with E-state index < -0.39 is 15.4 Å². The number of rotatable bonds is 6. The van der Waals surface area contributed by atoms with Gasteiger partial charge in [-0.05, 0) is 85.5 Å². The number of hydrogen-bond acceptors (Lipinski definition) is 3. The zero-order valence-electron chi connectivity index (χ0n) is 20.5. The number of benzene rings is 3. The first kappa shape index (κ1) is 23.4. The summed E-state index contributed by atoms with van der Waals surface area (Å²) in [5.74, 6) is 0.212. The molecular weight excluding hydrogens is 468 g/mol. The predicted molar refractivity (Wildman–Crippen MR) is 140 cm³/mol. The molecule has 0 saturated heterocycles. The molecule has 4 aliphatic rings. The van der Waals surface area contributed by atoms with Gasteiger partial charge in [-0.1, -0.05) is 78.4 Å². The molecule has 4 saturated carbocycles. The van der Waals surface area contributed by atoms with Gasteiger partial charge in [0.05, 0.1) is 10.3 Å². The van der Waals surface area contributed by atoms with E-state index >= 15 is 0 Å². The first-order chi connectivity index (χ1) is 17.2. The van der Waals surface area contributed by atoms with Crippen LogP contribution < -0.4 is 10.3 Å². The molecule has 4 atom stereocenters. The average Bonchev–Trinajstić information content (AvgIpc) is 2.88. The van der Waals surface area contributed by atoms with E-state index in [-0.39, 0.29) is 21.6 Å². The molecule has 4 bridgehead atoms. The fraction of sp³-hybridized carbons (Fsp3) is 0.367. The Labute approximate surface area is 213 Å². The lowest BCUT2D eigenvalue weighted by molar-refractivity contribution is -0.153. The van der Waals surface area contributed by atoms with Crippen LogP contribution >= 0.6 is 0 Å². The van der Waals surface area contributed by atoms with E-state index in [0.717, 1.165) is 44.1 Å². The number of carbonyl (C=O) groups is 1. The third-order valence-electron chi connectivity index (χ3n) is 8.95. The van der Waals surface area contributed by atoms with Crippen molar-refractivity contribution >= 4 is 15.9 Å². The molecule has 4 aliphatic carbocycles. The van der Waals surface area contributed by atoms with E-state index in [1.54, 1.807) is 24.3 Å². The Morgan fingerprint density at radius 2 is 1.28 bits per heavy atom. The Morgan fingerprint density at radius 3 is 1.81 bits per heavy atom.